The van der Waals surface area contributed by atoms with Crippen molar-refractivity contribution in [3.63, 3.8) is 0 Å². The third-order valence-corrected chi connectivity index (χ3v) is 2.06. The van der Waals surface area contributed by atoms with Gasteiger partial charge in [-0.1, -0.05) is 17.7 Å². The lowest BCUT2D eigenvalue weighted by Gasteiger charge is -2.05. The molecule has 2 heteroatoms. The number of hydrogen-bond acceptors (Lipinski definition) is 2. The summed E-state index contributed by atoms with van der Waals surface area (Å²) in [5.41, 5.74) is 7.36. The molecule has 2 nitrogen and oxygen atoms in total. The number of nitrogen functional groups attached to an aromatic ring is 1. The smallest absolute Gasteiger partial charge is 0.128 e. The fourth-order valence-corrected chi connectivity index (χ4v) is 1.23. The molecule has 1 radical (unpaired) electrons. The second kappa shape index (κ2) is 4.05. The van der Waals surface area contributed by atoms with E-state index in [0.717, 1.165) is 11.5 Å². The van der Waals surface area contributed by atoms with Crippen LogP contribution >= 0.6 is 0 Å². The Morgan fingerprint density at radius 2 is 1.67 bits per heavy atom. The Balaban J connectivity index is 2.15. The van der Waals surface area contributed by atoms with Crippen LogP contribution in [-0.2, 0) is 0 Å². The number of anilines is 1. The molecule has 0 unspecified atom stereocenters. The van der Waals surface area contributed by atoms with Gasteiger partial charge in [-0.3, -0.25) is 0 Å². The standard InChI is InChI=1S/C13H12NO/c1-10-2-6-12(7-3-10)15-13-8-4-11(14)5-9-13/h2-4,6-9H,14H2,1H3. The first-order valence-electron chi connectivity index (χ1n) is 4.76. The fraction of sp³-hybridized carbons (Fsp3) is 0.0769. The number of nitrogens with two attached hydrogens (primary N) is 1. The summed E-state index contributed by atoms with van der Waals surface area (Å²) in [6.07, 6.45) is 0. The molecule has 0 aliphatic heterocycles. The van der Waals surface area contributed by atoms with E-state index in [1.807, 2.05) is 37.3 Å². The Bertz CT molecular complexity index is 388. The van der Waals surface area contributed by atoms with Crippen LogP contribution in [0.2, 0.25) is 0 Å². The maximum Gasteiger partial charge on any atom is 0.128 e. The van der Waals surface area contributed by atoms with Crippen molar-refractivity contribution in [1.82, 2.24) is 0 Å². The van der Waals surface area contributed by atoms with E-state index in [2.05, 4.69) is 6.07 Å². The molecule has 0 spiro atoms. The molecule has 0 aromatic heterocycles. The minimum Gasteiger partial charge on any atom is -0.457 e. The molecule has 0 atom stereocenters. The number of ether oxygens (including phenoxy) is 1. The summed E-state index contributed by atoms with van der Waals surface area (Å²) < 4.78 is 5.60. The van der Waals surface area contributed by atoms with Crippen LogP contribution in [0.4, 0.5) is 5.69 Å². The third-order valence-electron chi connectivity index (χ3n) is 2.06. The van der Waals surface area contributed by atoms with Crippen LogP contribution in [0.5, 0.6) is 11.5 Å². The Morgan fingerprint density at radius 1 is 1.00 bits per heavy atom. The maximum absolute atomic E-state index is 5.60. The van der Waals surface area contributed by atoms with E-state index in [4.69, 9.17) is 10.5 Å². The van der Waals surface area contributed by atoms with Gasteiger partial charge >= 0.3 is 0 Å². The van der Waals surface area contributed by atoms with Crippen molar-refractivity contribution in [3.8, 4) is 11.5 Å². The van der Waals surface area contributed by atoms with Gasteiger partial charge in [0.25, 0.3) is 0 Å². The van der Waals surface area contributed by atoms with Crippen LogP contribution in [0.25, 0.3) is 0 Å². The summed E-state index contributed by atoms with van der Waals surface area (Å²) in [5, 5.41) is 0. The number of rotatable bonds is 2. The highest BCUT2D eigenvalue weighted by Crippen LogP contribution is 2.21. The van der Waals surface area contributed by atoms with Crippen molar-refractivity contribution >= 4 is 5.69 Å². The van der Waals surface area contributed by atoms with E-state index in [1.54, 1.807) is 12.1 Å². The highest BCUT2D eigenvalue weighted by Gasteiger charge is 1.96. The monoisotopic (exact) mass is 198 g/mol. The van der Waals surface area contributed by atoms with Crippen molar-refractivity contribution in [2.45, 2.75) is 6.92 Å². The lowest BCUT2D eigenvalue weighted by molar-refractivity contribution is 0.482. The van der Waals surface area contributed by atoms with Crippen molar-refractivity contribution < 1.29 is 4.74 Å². The molecule has 0 amide bonds. The second-order valence-corrected chi connectivity index (χ2v) is 3.39. The highest BCUT2D eigenvalue weighted by atomic mass is 16.5. The molecule has 0 bridgehead atoms. The summed E-state index contributed by atoms with van der Waals surface area (Å²) in [5.74, 6) is 1.56. The van der Waals surface area contributed by atoms with Crippen LogP contribution in [0, 0.1) is 13.0 Å². The number of hydrogen-bond donors (Lipinski definition) is 1. The maximum atomic E-state index is 5.60. The van der Waals surface area contributed by atoms with Crippen LogP contribution in [0.1, 0.15) is 5.56 Å². The zero-order valence-corrected chi connectivity index (χ0v) is 8.53. The lowest BCUT2D eigenvalue weighted by atomic mass is 10.2. The Hall–Kier alpha value is -1.96. The van der Waals surface area contributed by atoms with Crippen LogP contribution in [0.15, 0.2) is 42.5 Å². The van der Waals surface area contributed by atoms with Crippen molar-refractivity contribution in [2.24, 2.45) is 0 Å². The summed E-state index contributed by atoms with van der Waals surface area (Å²) in [4.78, 5) is 0. The van der Waals surface area contributed by atoms with Gasteiger partial charge in [-0.15, -0.1) is 0 Å². The van der Waals surface area contributed by atoms with Gasteiger partial charge < -0.3 is 10.5 Å². The average Bonchev–Trinajstić information content (AvgIpc) is 2.25. The van der Waals surface area contributed by atoms with Gasteiger partial charge in [0.1, 0.15) is 11.5 Å². The lowest BCUT2D eigenvalue weighted by Crippen LogP contribution is -1.86. The van der Waals surface area contributed by atoms with Gasteiger partial charge in [0, 0.05) is 11.8 Å². The summed E-state index contributed by atoms with van der Waals surface area (Å²) in [6.45, 7) is 2.04. The molecule has 2 N–H and O–H groups in total. The Labute approximate surface area is 89.3 Å². The predicted molar refractivity (Wildman–Crippen MR) is 60.9 cm³/mol. The van der Waals surface area contributed by atoms with Crippen LogP contribution in [0.3, 0.4) is 0 Å². The molecule has 0 fully saturated rings. The molecule has 0 saturated heterocycles. The SMILES string of the molecule is Cc1ccc(Oc2c[c]c(N)cc2)cc1. The van der Waals surface area contributed by atoms with Crippen LogP contribution < -0.4 is 10.5 Å². The Morgan fingerprint density at radius 3 is 2.27 bits per heavy atom. The quantitative estimate of drug-likeness (QED) is 0.752. The van der Waals surface area contributed by atoms with Crippen molar-refractivity contribution in [2.75, 3.05) is 5.73 Å². The van der Waals surface area contributed by atoms with Gasteiger partial charge in [-0.05, 0) is 37.3 Å². The molecule has 2 aromatic carbocycles. The highest BCUT2D eigenvalue weighted by molar-refractivity contribution is 5.42. The van der Waals surface area contributed by atoms with Gasteiger partial charge in [-0.2, -0.15) is 0 Å². The predicted octanol–water partition coefficient (Wildman–Crippen LogP) is 3.17. The molecule has 0 aliphatic rings. The van der Waals surface area contributed by atoms with Crippen molar-refractivity contribution in [3.05, 3.63) is 54.1 Å². The van der Waals surface area contributed by atoms with Gasteiger partial charge in [-0.25, -0.2) is 0 Å². The summed E-state index contributed by atoms with van der Waals surface area (Å²) in [6, 6.07) is 16.1. The molecule has 75 valence electrons. The van der Waals surface area contributed by atoms with E-state index in [9.17, 15) is 0 Å². The molecule has 2 rings (SSSR count). The molecule has 15 heavy (non-hydrogen) atoms. The number of aryl methyl sites for hydroxylation is 1. The largest absolute Gasteiger partial charge is 0.457 e. The normalized spacial score (nSPS) is 9.93. The molecule has 0 saturated carbocycles. The number of benzene rings is 2. The van der Waals surface area contributed by atoms with Gasteiger partial charge in [0.15, 0.2) is 0 Å². The van der Waals surface area contributed by atoms with E-state index < -0.39 is 0 Å². The second-order valence-electron chi connectivity index (χ2n) is 3.39. The topological polar surface area (TPSA) is 35.2 Å². The van der Waals surface area contributed by atoms with Gasteiger partial charge in [0.05, 0.1) is 0 Å². The van der Waals surface area contributed by atoms with E-state index >= 15 is 0 Å². The van der Waals surface area contributed by atoms with Crippen molar-refractivity contribution in [1.29, 1.82) is 0 Å². The minimum absolute atomic E-state index is 0.617. The molecule has 0 aliphatic carbocycles. The molecular formula is C13H12NO. The molecular weight excluding hydrogens is 186 g/mol. The fourth-order valence-electron chi connectivity index (χ4n) is 1.23. The van der Waals surface area contributed by atoms with E-state index in [-0.39, 0.29) is 0 Å². The first-order chi connectivity index (χ1) is 7.24. The molecule has 0 heterocycles. The zero-order chi connectivity index (χ0) is 10.7. The van der Waals surface area contributed by atoms with E-state index in [1.165, 1.54) is 5.56 Å². The summed E-state index contributed by atoms with van der Waals surface area (Å²) >= 11 is 0. The molecule has 2 aromatic rings. The van der Waals surface area contributed by atoms with Gasteiger partial charge in [0.2, 0.25) is 0 Å². The minimum atomic E-state index is 0.617. The Kier molecular flexibility index (Phi) is 2.59. The zero-order valence-electron chi connectivity index (χ0n) is 8.53. The third kappa shape index (κ3) is 2.50. The average molecular weight is 198 g/mol. The van der Waals surface area contributed by atoms with Crippen LogP contribution in [-0.4, -0.2) is 0 Å². The summed E-state index contributed by atoms with van der Waals surface area (Å²) in [7, 11) is 0. The van der Waals surface area contributed by atoms with E-state index in [0.29, 0.717) is 5.69 Å². The first kappa shape index (κ1) is 9.59. The first-order valence-corrected chi connectivity index (χ1v) is 4.76.